The van der Waals surface area contributed by atoms with Crippen LogP contribution in [-0.2, 0) is 10.0 Å². The third kappa shape index (κ3) is 2.84. The zero-order chi connectivity index (χ0) is 11.4. The second-order valence-corrected chi connectivity index (χ2v) is 5.61. The quantitative estimate of drug-likeness (QED) is 0.800. The molecule has 0 aliphatic carbocycles. The van der Waals surface area contributed by atoms with Crippen LogP contribution in [0.3, 0.4) is 0 Å². The minimum atomic E-state index is -3.45. The Morgan fingerprint density at radius 1 is 1.56 bits per heavy atom. The summed E-state index contributed by atoms with van der Waals surface area (Å²) in [6.45, 7) is 1.48. The van der Waals surface area contributed by atoms with E-state index in [2.05, 4.69) is 10.0 Å². The molecule has 0 radical (unpaired) electrons. The fraction of sp³-hybridized carbons (Fsp3) is 0.600. The monoisotopic (exact) mass is 244 g/mol. The molecule has 2 N–H and O–H groups in total. The fourth-order valence-corrected chi connectivity index (χ4v) is 2.83. The van der Waals surface area contributed by atoms with Gasteiger partial charge in [0.1, 0.15) is 0 Å². The second-order valence-electron chi connectivity index (χ2n) is 3.91. The van der Waals surface area contributed by atoms with Gasteiger partial charge in [-0.25, -0.2) is 13.1 Å². The number of nitrogens with one attached hydrogen (secondary N) is 2. The highest BCUT2D eigenvalue weighted by Gasteiger charge is 2.18. The molecular formula is C10H16N2O3S. The summed E-state index contributed by atoms with van der Waals surface area (Å²) in [6, 6.07) is 3.45. The van der Waals surface area contributed by atoms with Crippen molar-refractivity contribution >= 4 is 10.0 Å². The first-order valence-corrected chi connectivity index (χ1v) is 6.93. The lowest BCUT2D eigenvalue weighted by Crippen LogP contribution is -2.30. The number of furan rings is 1. The topological polar surface area (TPSA) is 71.3 Å². The largest absolute Gasteiger partial charge is 0.452 e. The van der Waals surface area contributed by atoms with Crippen LogP contribution in [0.15, 0.2) is 27.9 Å². The van der Waals surface area contributed by atoms with Gasteiger partial charge < -0.3 is 9.73 Å². The van der Waals surface area contributed by atoms with Gasteiger partial charge in [-0.3, -0.25) is 0 Å². The van der Waals surface area contributed by atoms with Crippen molar-refractivity contribution in [1.82, 2.24) is 10.0 Å². The summed E-state index contributed by atoms with van der Waals surface area (Å²) < 4.78 is 30.7. The van der Waals surface area contributed by atoms with Crippen LogP contribution in [0.25, 0.3) is 0 Å². The Labute approximate surface area is 95.3 Å². The molecule has 0 bridgehead atoms. The number of rotatable bonds is 5. The molecule has 1 aromatic rings. The molecule has 2 rings (SSSR count). The maximum absolute atomic E-state index is 11.6. The van der Waals surface area contributed by atoms with Crippen molar-refractivity contribution in [3.05, 3.63) is 18.4 Å². The lowest BCUT2D eigenvalue weighted by Gasteiger charge is -2.09. The fourth-order valence-electron chi connectivity index (χ4n) is 1.86. The van der Waals surface area contributed by atoms with Gasteiger partial charge in [0.25, 0.3) is 10.0 Å². The van der Waals surface area contributed by atoms with Gasteiger partial charge in [-0.2, -0.15) is 0 Å². The lowest BCUT2D eigenvalue weighted by atomic mass is 10.2. The predicted molar refractivity (Wildman–Crippen MR) is 59.5 cm³/mol. The minimum Gasteiger partial charge on any atom is -0.452 e. The Hall–Kier alpha value is -0.850. The average molecular weight is 244 g/mol. The van der Waals surface area contributed by atoms with Crippen molar-refractivity contribution in [3.8, 4) is 0 Å². The van der Waals surface area contributed by atoms with Gasteiger partial charge in [-0.15, -0.1) is 0 Å². The summed E-state index contributed by atoms with van der Waals surface area (Å²) in [5, 5.41) is 3.30. The second kappa shape index (κ2) is 4.99. The molecule has 5 nitrogen and oxygen atoms in total. The van der Waals surface area contributed by atoms with Gasteiger partial charge in [0.2, 0.25) is 5.09 Å². The van der Waals surface area contributed by atoms with E-state index in [9.17, 15) is 8.42 Å². The van der Waals surface area contributed by atoms with E-state index in [1.807, 2.05) is 0 Å². The first-order valence-electron chi connectivity index (χ1n) is 5.45. The summed E-state index contributed by atoms with van der Waals surface area (Å²) in [5.74, 6) is 0. The lowest BCUT2D eigenvalue weighted by molar-refractivity contribution is 0.444. The number of hydrogen-bond donors (Lipinski definition) is 2. The standard InChI is InChI=1S/C10H16N2O3S/c13-16(14,10-4-2-8-15-10)12-7-5-9-3-1-6-11-9/h2,4,8-9,11-12H,1,3,5-7H2/t9-/m1/s1. The van der Waals surface area contributed by atoms with Crippen LogP contribution in [-0.4, -0.2) is 27.5 Å². The highest BCUT2D eigenvalue weighted by Crippen LogP contribution is 2.10. The van der Waals surface area contributed by atoms with Crippen LogP contribution in [0, 0.1) is 0 Å². The van der Waals surface area contributed by atoms with Crippen LogP contribution in [0.4, 0.5) is 0 Å². The summed E-state index contributed by atoms with van der Waals surface area (Å²) in [6.07, 6.45) is 4.48. The zero-order valence-electron chi connectivity index (χ0n) is 8.98. The Bertz CT molecular complexity index is 407. The molecule has 1 fully saturated rings. The third-order valence-electron chi connectivity index (χ3n) is 2.71. The predicted octanol–water partition coefficient (Wildman–Crippen LogP) is 0.700. The molecule has 0 aromatic carbocycles. The molecule has 0 spiro atoms. The molecule has 0 amide bonds. The summed E-state index contributed by atoms with van der Waals surface area (Å²) in [5.41, 5.74) is 0. The average Bonchev–Trinajstić information content (AvgIpc) is 2.90. The van der Waals surface area contributed by atoms with Gasteiger partial charge in [0.05, 0.1) is 6.26 Å². The van der Waals surface area contributed by atoms with Crippen LogP contribution >= 0.6 is 0 Å². The van der Waals surface area contributed by atoms with Gasteiger partial charge in [0.15, 0.2) is 0 Å². The maximum atomic E-state index is 11.6. The van der Waals surface area contributed by atoms with Gasteiger partial charge >= 0.3 is 0 Å². The van der Waals surface area contributed by atoms with E-state index >= 15 is 0 Å². The van der Waals surface area contributed by atoms with E-state index in [1.54, 1.807) is 6.07 Å². The van der Waals surface area contributed by atoms with E-state index in [-0.39, 0.29) is 5.09 Å². The molecule has 0 unspecified atom stereocenters. The summed E-state index contributed by atoms with van der Waals surface area (Å²) >= 11 is 0. The van der Waals surface area contributed by atoms with Crippen molar-refractivity contribution in [2.75, 3.05) is 13.1 Å². The summed E-state index contributed by atoms with van der Waals surface area (Å²) in [4.78, 5) is 0. The molecule has 0 saturated carbocycles. The minimum absolute atomic E-state index is 0.0214. The number of hydrogen-bond acceptors (Lipinski definition) is 4. The Balaban J connectivity index is 1.81. The van der Waals surface area contributed by atoms with Crippen LogP contribution in [0.1, 0.15) is 19.3 Å². The molecule has 1 aromatic heterocycles. The molecular weight excluding hydrogens is 228 g/mol. The number of sulfonamides is 1. The molecule has 16 heavy (non-hydrogen) atoms. The molecule has 1 atom stereocenters. The molecule has 90 valence electrons. The Morgan fingerprint density at radius 2 is 2.44 bits per heavy atom. The van der Waals surface area contributed by atoms with Crippen molar-refractivity contribution in [2.45, 2.75) is 30.4 Å². The molecule has 6 heteroatoms. The smallest absolute Gasteiger partial charge is 0.273 e. The van der Waals surface area contributed by atoms with Gasteiger partial charge in [-0.05, 0) is 37.9 Å². The van der Waals surface area contributed by atoms with Crippen LogP contribution in [0.5, 0.6) is 0 Å². The highest BCUT2D eigenvalue weighted by atomic mass is 32.2. The van der Waals surface area contributed by atoms with Gasteiger partial charge in [-0.1, -0.05) is 0 Å². The normalized spacial score (nSPS) is 21.4. The van der Waals surface area contributed by atoms with Crippen molar-refractivity contribution < 1.29 is 12.8 Å². The van der Waals surface area contributed by atoms with Crippen LogP contribution in [0.2, 0.25) is 0 Å². The first-order chi connectivity index (χ1) is 7.68. The first kappa shape index (κ1) is 11.6. The van der Waals surface area contributed by atoms with Gasteiger partial charge in [0, 0.05) is 12.6 Å². The summed E-state index contributed by atoms with van der Waals surface area (Å²) in [7, 11) is -3.45. The van der Waals surface area contributed by atoms with E-state index < -0.39 is 10.0 Å². The van der Waals surface area contributed by atoms with E-state index in [1.165, 1.54) is 18.8 Å². The molecule has 1 saturated heterocycles. The Kier molecular flexibility index (Phi) is 3.63. The molecule has 1 aliphatic heterocycles. The molecule has 1 aliphatic rings. The molecule has 2 heterocycles. The van der Waals surface area contributed by atoms with E-state index in [0.29, 0.717) is 12.6 Å². The van der Waals surface area contributed by atoms with Crippen molar-refractivity contribution in [3.63, 3.8) is 0 Å². The third-order valence-corrected chi connectivity index (χ3v) is 4.05. The van der Waals surface area contributed by atoms with Crippen LogP contribution < -0.4 is 10.0 Å². The van der Waals surface area contributed by atoms with E-state index in [0.717, 1.165) is 19.4 Å². The van der Waals surface area contributed by atoms with Crippen molar-refractivity contribution in [2.24, 2.45) is 0 Å². The Morgan fingerprint density at radius 3 is 3.06 bits per heavy atom. The maximum Gasteiger partial charge on any atom is 0.273 e. The SMILES string of the molecule is O=S(=O)(NCC[C@H]1CCCN1)c1ccco1. The zero-order valence-corrected chi connectivity index (χ0v) is 9.79. The van der Waals surface area contributed by atoms with E-state index in [4.69, 9.17) is 4.42 Å². The highest BCUT2D eigenvalue weighted by molar-refractivity contribution is 7.89. The van der Waals surface area contributed by atoms with Crippen molar-refractivity contribution in [1.29, 1.82) is 0 Å².